The molecule has 0 saturated carbocycles. The van der Waals surface area contributed by atoms with Gasteiger partial charge in [-0.1, -0.05) is 0 Å². The van der Waals surface area contributed by atoms with Crippen LogP contribution >= 0.6 is 0 Å². The summed E-state index contributed by atoms with van der Waals surface area (Å²) in [7, 11) is 1.26. The van der Waals surface area contributed by atoms with Crippen LogP contribution in [0.4, 0.5) is 0 Å². The van der Waals surface area contributed by atoms with Crippen molar-refractivity contribution < 1.29 is 19.1 Å². The molecule has 0 aliphatic carbocycles. The lowest BCUT2D eigenvalue weighted by Gasteiger charge is -2.18. The van der Waals surface area contributed by atoms with E-state index in [1.54, 1.807) is 6.92 Å². The molecule has 80 valence electrons. The van der Waals surface area contributed by atoms with Crippen LogP contribution in [-0.2, 0) is 19.1 Å². The number of ketones is 1. The molecule has 0 fully saturated rings. The van der Waals surface area contributed by atoms with E-state index in [0.29, 0.717) is 6.54 Å². The molecule has 5 heteroatoms. The van der Waals surface area contributed by atoms with Gasteiger partial charge in [0.1, 0.15) is 12.3 Å². The van der Waals surface area contributed by atoms with Gasteiger partial charge in [-0.25, -0.2) is 0 Å². The Balaban J connectivity index is 4.19. The minimum Gasteiger partial charge on any atom is -0.468 e. The zero-order chi connectivity index (χ0) is 11.1. The Morgan fingerprint density at radius 1 is 1.29 bits per heavy atom. The second-order valence-electron chi connectivity index (χ2n) is 2.86. The van der Waals surface area contributed by atoms with Crippen LogP contribution < -0.4 is 0 Å². The Labute approximate surface area is 83.0 Å². The highest BCUT2D eigenvalue weighted by atomic mass is 16.5. The topological polar surface area (TPSA) is 63.7 Å². The molecule has 0 heterocycles. The van der Waals surface area contributed by atoms with Crippen LogP contribution in [0.15, 0.2) is 0 Å². The van der Waals surface area contributed by atoms with Crippen LogP contribution in [0.2, 0.25) is 0 Å². The van der Waals surface area contributed by atoms with E-state index in [2.05, 4.69) is 4.74 Å². The summed E-state index contributed by atoms with van der Waals surface area (Å²) in [6.45, 7) is 3.37. The molecular weight excluding hydrogens is 186 g/mol. The second-order valence-corrected chi connectivity index (χ2v) is 2.86. The number of likely N-dealkylation sites (N-methyl/N-ethyl adjacent to an activating group) is 1. The number of ether oxygens (including phenoxy) is 1. The predicted octanol–water partition coefficient (Wildman–Crippen LogP) is -0.0130. The van der Waals surface area contributed by atoms with Crippen molar-refractivity contribution in [3.05, 3.63) is 0 Å². The van der Waals surface area contributed by atoms with E-state index in [9.17, 15) is 14.4 Å². The first-order valence-electron chi connectivity index (χ1n) is 4.35. The van der Waals surface area contributed by atoms with E-state index in [1.165, 1.54) is 18.9 Å². The number of esters is 1. The molecule has 0 aliphatic heterocycles. The van der Waals surface area contributed by atoms with Gasteiger partial charge < -0.3 is 9.64 Å². The van der Waals surface area contributed by atoms with Crippen molar-refractivity contribution in [2.24, 2.45) is 0 Å². The number of methoxy groups -OCH3 is 1. The SMILES string of the molecule is CCN(CC(=O)OC)C(=O)CC(C)=O. The van der Waals surface area contributed by atoms with Crippen molar-refractivity contribution in [1.29, 1.82) is 0 Å². The average Bonchev–Trinajstić information content (AvgIpc) is 2.12. The molecule has 0 aromatic rings. The lowest BCUT2D eigenvalue weighted by molar-refractivity contribution is -0.147. The summed E-state index contributed by atoms with van der Waals surface area (Å²) in [6, 6.07) is 0. The van der Waals surface area contributed by atoms with Crippen molar-refractivity contribution >= 4 is 17.7 Å². The molecule has 0 spiro atoms. The largest absolute Gasteiger partial charge is 0.468 e. The number of hydrogen-bond donors (Lipinski definition) is 0. The molecule has 5 nitrogen and oxygen atoms in total. The third-order valence-corrected chi connectivity index (χ3v) is 1.68. The monoisotopic (exact) mass is 201 g/mol. The summed E-state index contributed by atoms with van der Waals surface area (Å²) in [4.78, 5) is 34.2. The van der Waals surface area contributed by atoms with Gasteiger partial charge in [-0.2, -0.15) is 0 Å². The van der Waals surface area contributed by atoms with Gasteiger partial charge in [0.25, 0.3) is 0 Å². The first-order valence-corrected chi connectivity index (χ1v) is 4.35. The molecule has 0 aromatic carbocycles. The molecule has 0 radical (unpaired) electrons. The lowest BCUT2D eigenvalue weighted by Crippen LogP contribution is -2.36. The van der Waals surface area contributed by atoms with Crippen molar-refractivity contribution in [2.75, 3.05) is 20.2 Å². The third-order valence-electron chi connectivity index (χ3n) is 1.68. The second kappa shape index (κ2) is 6.12. The normalized spacial score (nSPS) is 9.36. The Hall–Kier alpha value is -1.39. The number of rotatable bonds is 5. The minimum absolute atomic E-state index is 0.0981. The highest BCUT2D eigenvalue weighted by Crippen LogP contribution is 1.95. The summed E-state index contributed by atoms with van der Waals surface area (Å²) >= 11 is 0. The van der Waals surface area contributed by atoms with Gasteiger partial charge in [-0.05, 0) is 13.8 Å². The molecule has 0 saturated heterocycles. The summed E-state index contributed by atoms with van der Waals surface area (Å²) in [5.74, 6) is -1.03. The van der Waals surface area contributed by atoms with Gasteiger partial charge in [0.05, 0.1) is 13.5 Å². The Bertz CT molecular complexity index is 237. The van der Waals surface area contributed by atoms with Gasteiger partial charge in [0, 0.05) is 6.54 Å². The van der Waals surface area contributed by atoms with Gasteiger partial charge in [0.2, 0.25) is 5.91 Å². The Kier molecular flexibility index (Phi) is 5.52. The molecule has 14 heavy (non-hydrogen) atoms. The maximum atomic E-state index is 11.3. The van der Waals surface area contributed by atoms with Crippen molar-refractivity contribution in [2.45, 2.75) is 20.3 Å². The first kappa shape index (κ1) is 12.6. The quantitative estimate of drug-likeness (QED) is 0.463. The third kappa shape index (κ3) is 4.59. The zero-order valence-corrected chi connectivity index (χ0v) is 8.70. The number of hydrogen-bond acceptors (Lipinski definition) is 4. The smallest absolute Gasteiger partial charge is 0.325 e. The molecule has 0 rings (SSSR count). The predicted molar refractivity (Wildman–Crippen MR) is 49.6 cm³/mol. The summed E-state index contributed by atoms with van der Waals surface area (Å²) in [5.41, 5.74) is 0. The summed E-state index contributed by atoms with van der Waals surface area (Å²) in [6.07, 6.45) is -0.162. The molecule has 0 unspecified atom stereocenters. The van der Waals surface area contributed by atoms with Crippen molar-refractivity contribution in [3.8, 4) is 0 Å². The van der Waals surface area contributed by atoms with E-state index in [1.807, 2.05) is 0 Å². The fourth-order valence-corrected chi connectivity index (χ4v) is 0.921. The maximum Gasteiger partial charge on any atom is 0.325 e. The van der Waals surface area contributed by atoms with Gasteiger partial charge in [-0.15, -0.1) is 0 Å². The number of carbonyl (C=O) groups excluding carboxylic acids is 3. The molecule has 0 N–H and O–H groups in total. The van der Waals surface area contributed by atoms with E-state index in [-0.39, 0.29) is 24.7 Å². The van der Waals surface area contributed by atoms with Crippen LogP contribution in [0.5, 0.6) is 0 Å². The fraction of sp³-hybridized carbons (Fsp3) is 0.667. The molecule has 0 aromatic heterocycles. The molecular formula is C9H15NO4. The van der Waals surface area contributed by atoms with Crippen LogP contribution in [0, 0.1) is 0 Å². The Morgan fingerprint density at radius 2 is 1.86 bits per heavy atom. The van der Waals surface area contributed by atoms with Crippen LogP contribution in [-0.4, -0.2) is 42.8 Å². The first-order chi connectivity index (χ1) is 6.51. The summed E-state index contributed by atoms with van der Waals surface area (Å²) in [5, 5.41) is 0. The van der Waals surface area contributed by atoms with Crippen LogP contribution in [0.25, 0.3) is 0 Å². The van der Waals surface area contributed by atoms with E-state index in [4.69, 9.17) is 0 Å². The number of nitrogens with zero attached hydrogens (tertiary/aromatic N) is 1. The van der Waals surface area contributed by atoms with Gasteiger partial charge in [-0.3, -0.25) is 14.4 Å². The van der Waals surface area contributed by atoms with Crippen molar-refractivity contribution in [3.63, 3.8) is 0 Å². The standard InChI is InChI=1S/C9H15NO4/c1-4-10(6-9(13)14-3)8(12)5-7(2)11/h4-6H2,1-3H3. The molecule has 1 amide bonds. The zero-order valence-electron chi connectivity index (χ0n) is 8.70. The van der Waals surface area contributed by atoms with E-state index >= 15 is 0 Å². The van der Waals surface area contributed by atoms with Gasteiger partial charge >= 0.3 is 5.97 Å². The fourth-order valence-electron chi connectivity index (χ4n) is 0.921. The highest BCUT2D eigenvalue weighted by molar-refractivity contribution is 5.97. The average molecular weight is 201 g/mol. The summed E-state index contributed by atoms with van der Waals surface area (Å²) < 4.78 is 4.42. The number of amides is 1. The number of Topliss-reactive ketones (excluding diaryl/α,β-unsaturated/α-hetero) is 1. The molecule has 0 aliphatic rings. The minimum atomic E-state index is -0.483. The maximum absolute atomic E-state index is 11.3. The Morgan fingerprint density at radius 3 is 2.21 bits per heavy atom. The molecule has 0 atom stereocenters. The highest BCUT2D eigenvalue weighted by Gasteiger charge is 2.16. The van der Waals surface area contributed by atoms with E-state index < -0.39 is 5.97 Å². The number of carbonyl (C=O) groups is 3. The molecule has 0 bridgehead atoms. The van der Waals surface area contributed by atoms with Crippen LogP contribution in [0.1, 0.15) is 20.3 Å². The van der Waals surface area contributed by atoms with Crippen LogP contribution in [0.3, 0.4) is 0 Å². The van der Waals surface area contributed by atoms with E-state index in [0.717, 1.165) is 0 Å². The lowest BCUT2D eigenvalue weighted by atomic mass is 10.3. The van der Waals surface area contributed by atoms with Crippen molar-refractivity contribution in [1.82, 2.24) is 4.90 Å². The van der Waals surface area contributed by atoms with Gasteiger partial charge in [0.15, 0.2) is 0 Å².